The number of amides is 3. The first-order chi connectivity index (χ1) is 16.9. The second kappa shape index (κ2) is 12.7. The molecule has 12 heteroatoms. The normalized spacial score (nSPS) is 15.2. The van der Waals surface area contributed by atoms with Crippen LogP contribution in [0.5, 0.6) is 0 Å². The number of fused-ring (bicyclic) bond motifs is 1. The van der Waals surface area contributed by atoms with Crippen molar-refractivity contribution >= 4 is 40.6 Å². The zero-order valence-corrected chi connectivity index (χ0v) is 20.4. The number of nitrogens with one attached hydrogen (secondary N) is 4. The van der Waals surface area contributed by atoms with Crippen LogP contribution in [0, 0.1) is 5.92 Å². The van der Waals surface area contributed by atoms with E-state index >= 15 is 0 Å². The van der Waals surface area contributed by atoms with Gasteiger partial charge in [0.15, 0.2) is 0 Å². The summed E-state index contributed by atoms with van der Waals surface area (Å²) in [6.45, 7) is 4.82. The number of rotatable bonds is 13. The van der Waals surface area contributed by atoms with Crippen molar-refractivity contribution in [3.8, 4) is 0 Å². The van der Waals surface area contributed by atoms with Crippen molar-refractivity contribution in [3.05, 3.63) is 36.0 Å². The number of para-hydroxylation sites is 1. The molecule has 0 unspecified atom stereocenters. The van der Waals surface area contributed by atoms with Gasteiger partial charge in [-0.05, 0) is 24.5 Å². The molecule has 0 spiro atoms. The molecule has 0 aliphatic carbocycles. The fourth-order valence-corrected chi connectivity index (χ4v) is 3.63. The lowest BCUT2D eigenvalue weighted by Gasteiger charge is -2.25. The highest BCUT2D eigenvalue weighted by Crippen LogP contribution is 2.19. The van der Waals surface area contributed by atoms with Gasteiger partial charge in [-0.25, -0.2) is 4.79 Å². The van der Waals surface area contributed by atoms with Gasteiger partial charge in [-0.15, -0.1) is 0 Å². The Hall–Kier alpha value is -3.93. The maximum atomic E-state index is 13.2. The summed E-state index contributed by atoms with van der Waals surface area (Å²) in [6.07, 6.45) is 1.38. The molecule has 1 aromatic carbocycles. The molecular formula is C24H33N5O7. The minimum Gasteiger partial charge on any atom is -0.481 e. The first-order valence-electron chi connectivity index (χ1n) is 11.6. The number of carboxylic acid groups (broad SMARTS) is 2. The Morgan fingerprint density at radius 1 is 0.944 bits per heavy atom. The van der Waals surface area contributed by atoms with Gasteiger partial charge >= 0.3 is 11.9 Å². The number of benzene rings is 1. The molecule has 5 atom stereocenters. The van der Waals surface area contributed by atoms with E-state index in [1.54, 1.807) is 20.0 Å². The molecule has 1 aromatic heterocycles. The summed E-state index contributed by atoms with van der Waals surface area (Å²) in [6, 6.07) is 2.39. The molecule has 36 heavy (non-hydrogen) atoms. The summed E-state index contributed by atoms with van der Waals surface area (Å²) in [7, 11) is 0. The Morgan fingerprint density at radius 3 is 2.14 bits per heavy atom. The molecular weight excluding hydrogens is 470 g/mol. The number of H-pyrrole nitrogens is 1. The van der Waals surface area contributed by atoms with Crippen molar-refractivity contribution in [1.29, 1.82) is 0 Å². The van der Waals surface area contributed by atoms with Crippen LogP contribution in [0.15, 0.2) is 30.5 Å². The van der Waals surface area contributed by atoms with Crippen LogP contribution in [0.2, 0.25) is 0 Å². The van der Waals surface area contributed by atoms with Crippen LogP contribution in [-0.2, 0) is 30.4 Å². The average Bonchev–Trinajstić information content (AvgIpc) is 3.23. The second-order valence-corrected chi connectivity index (χ2v) is 8.78. The van der Waals surface area contributed by atoms with Crippen LogP contribution in [0.25, 0.3) is 10.9 Å². The van der Waals surface area contributed by atoms with Crippen molar-refractivity contribution in [1.82, 2.24) is 20.9 Å². The molecule has 8 N–H and O–H groups in total. The first kappa shape index (κ1) is 28.3. The van der Waals surface area contributed by atoms with E-state index in [9.17, 15) is 34.2 Å². The van der Waals surface area contributed by atoms with Crippen LogP contribution in [0.4, 0.5) is 0 Å². The zero-order valence-electron chi connectivity index (χ0n) is 20.4. The van der Waals surface area contributed by atoms with Gasteiger partial charge in [-0.1, -0.05) is 38.5 Å². The quantitative estimate of drug-likeness (QED) is 0.199. The fourth-order valence-electron chi connectivity index (χ4n) is 3.63. The summed E-state index contributed by atoms with van der Waals surface area (Å²) < 4.78 is 0. The highest BCUT2D eigenvalue weighted by atomic mass is 16.4. The van der Waals surface area contributed by atoms with Crippen molar-refractivity contribution in [2.45, 2.75) is 64.2 Å². The van der Waals surface area contributed by atoms with Gasteiger partial charge in [-0.2, -0.15) is 0 Å². The van der Waals surface area contributed by atoms with Gasteiger partial charge in [0.25, 0.3) is 0 Å². The number of nitrogens with two attached hydrogens (primary N) is 1. The van der Waals surface area contributed by atoms with Crippen molar-refractivity contribution in [2.75, 3.05) is 0 Å². The van der Waals surface area contributed by atoms with Gasteiger partial charge in [0.2, 0.25) is 17.7 Å². The highest BCUT2D eigenvalue weighted by molar-refractivity contribution is 5.96. The van der Waals surface area contributed by atoms with E-state index in [0.29, 0.717) is 12.0 Å². The number of carbonyl (C=O) groups excluding carboxylic acids is 3. The second-order valence-electron chi connectivity index (χ2n) is 8.78. The molecule has 0 radical (unpaired) electrons. The van der Waals surface area contributed by atoms with Gasteiger partial charge < -0.3 is 36.9 Å². The van der Waals surface area contributed by atoms with E-state index in [2.05, 4.69) is 20.9 Å². The molecule has 196 valence electrons. The molecule has 12 nitrogen and oxygen atoms in total. The Morgan fingerprint density at radius 2 is 1.56 bits per heavy atom. The minimum atomic E-state index is -1.57. The summed E-state index contributed by atoms with van der Waals surface area (Å²) >= 11 is 0. The van der Waals surface area contributed by atoms with E-state index < -0.39 is 66.2 Å². The Labute approximate surface area is 208 Å². The van der Waals surface area contributed by atoms with Crippen LogP contribution < -0.4 is 21.7 Å². The predicted molar refractivity (Wildman–Crippen MR) is 131 cm³/mol. The third kappa shape index (κ3) is 7.54. The lowest BCUT2D eigenvalue weighted by atomic mass is 9.98. The summed E-state index contributed by atoms with van der Waals surface area (Å²) in [5.41, 5.74) is 7.16. The summed E-state index contributed by atoms with van der Waals surface area (Å²) in [5.74, 6) is -5.48. The van der Waals surface area contributed by atoms with E-state index in [4.69, 9.17) is 5.73 Å². The topological polar surface area (TPSA) is 204 Å². The number of aromatic amines is 1. The van der Waals surface area contributed by atoms with Gasteiger partial charge in [0.05, 0.1) is 12.5 Å². The number of aromatic nitrogens is 1. The van der Waals surface area contributed by atoms with Crippen LogP contribution >= 0.6 is 0 Å². The van der Waals surface area contributed by atoms with Gasteiger partial charge in [-0.3, -0.25) is 19.2 Å². The molecule has 3 amide bonds. The fraction of sp³-hybridized carbons (Fsp3) is 0.458. The molecule has 2 rings (SSSR count). The number of hydrogen-bond donors (Lipinski definition) is 7. The van der Waals surface area contributed by atoms with E-state index in [-0.39, 0.29) is 6.42 Å². The van der Waals surface area contributed by atoms with E-state index in [1.165, 1.54) is 6.92 Å². The molecule has 0 aliphatic heterocycles. The predicted octanol–water partition coefficient (Wildman–Crippen LogP) is 0.117. The van der Waals surface area contributed by atoms with Crippen LogP contribution in [-0.4, -0.2) is 69.0 Å². The smallest absolute Gasteiger partial charge is 0.326 e. The summed E-state index contributed by atoms with van der Waals surface area (Å²) in [5, 5.41) is 26.8. The van der Waals surface area contributed by atoms with Crippen molar-refractivity contribution in [2.24, 2.45) is 11.7 Å². The van der Waals surface area contributed by atoms with Gasteiger partial charge in [0, 0.05) is 23.5 Å². The number of carbonyl (C=O) groups is 5. The standard InChI is InChI=1S/C24H33N5O7/c1-4-12(2)20(24(35)36)29-23(34)18(10-19(30)31)28-22(33)17(27-21(32)13(3)25)9-14-11-26-16-8-6-5-7-15(14)16/h5-8,11-13,17-18,20,26H,4,9-10,25H2,1-3H3,(H,27,32)(H,28,33)(H,29,34)(H,30,31)(H,35,36)/t12-,13-,17-,18+,20-/m0/s1. The van der Waals surface area contributed by atoms with Crippen LogP contribution in [0.3, 0.4) is 0 Å². The SMILES string of the molecule is CC[C@H](C)[C@H](NC(=O)[C@@H](CC(=O)O)NC(=O)[C@H](Cc1c[nH]c2ccccc12)NC(=O)[C@H](C)N)C(=O)O. The molecule has 0 aliphatic rings. The number of hydrogen-bond acceptors (Lipinski definition) is 6. The molecule has 0 fully saturated rings. The summed E-state index contributed by atoms with van der Waals surface area (Å²) in [4.78, 5) is 64.4. The monoisotopic (exact) mass is 503 g/mol. The Bertz CT molecular complexity index is 1110. The lowest BCUT2D eigenvalue weighted by Crippen LogP contribution is -2.58. The Balaban J connectivity index is 2.29. The molecule has 1 heterocycles. The molecule has 2 aromatic rings. The number of carboxylic acids is 2. The maximum Gasteiger partial charge on any atom is 0.326 e. The first-order valence-corrected chi connectivity index (χ1v) is 11.6. The van der Waals surface area contributed by atoms with E-state index in [0.717, 1.165) is 10.9 Å². The minimum absolute atomic E-state index is 0.0281. The zero-order chi connectivity index (χ0) is 27.0. The van der Waals surface area contributed by atoms with Crippen molar-refractivity contribution < 1.29 is 34.2 Å². The molecule has 0 saturated carbocycles. The Kier molecular flexibility index (Phi) is 9.97. The maximum absolute atomic E-state index is 13.2. The van der Waals surface area contributed by atoms with Crippen molar-refractivity contribution in [3.63, 3.8) is 0 Å². The highest BCUT2D eigenvalue weighted by Gasteiger charge is 2.33. The third-order valence-electron chi connectivity index (χ3n) is 5.93. The van der Waals surface area contributed by atoms with Crippen LogP contribution in [0.1, 0.15) is 39.2 Å². The molecule has 0 saturated heterocycles. The largest absolute Gasteiger partial charge is 0.481 e. The average molecular weight is 504 g/mol. The molecule has 0 bridgehead atoms. The number of aliphatic carboxylic acids is 2. The van der Waals surface area contributed by atoms with E-state index in [1.807, 2.05) is 24.3 Å². The third-order valence-corrected chi connectivity index (χ3v) is 5.93. The van der Waals surface area contributed by atoms with Gasteiger partial charge in [0.1, 0.15) is 18.1 Å². The lowest BCUT2D eigenvalue weighted by molar-refractivity contribution is -0.144.